The Morgan fingerprint density at radius 3 is 2.50 bits per heavy atom. The third kappa shape index (κ3) is 3.98. The van der Waals surface area contributed by atoms with Gasteiger partial charge >= 0.3 is 12.2 Å². The quantitative estimate of drug-likeness (QED) is 0.789. The maximum atomic E-state index is 12.7. The Bertz CT molecular complexity index is 740. The normalized spacial score (nSPS) is 11.1. The molecule has 0 saturated heterocycles. The zero-order valence-electron chi connectivity index (χ0n) is 10.7. The minimum atomic E-state index is -4.63. The number of H-pyrrole nitrogens is 1. The summed E-state index contributed by atoms with van der Waals surface area (Å²) >= 11 is 5.47. The Kier molecular flexibility index (Phi) is 4.36. The van der Waals surface area contributed by atoms with E-state index in [1.54, 1.807) is 0 Å². The van der Waals surface area contributed by atoms with Gasteiger partial charge in [0, 0.05) is 11.8 Å². The van der Waals surface area contributed by atoms with Crippen molar-refractivity contribution in [1.29, 1.82) is 0 Å². The van der Waals surface area contributed by atoms with Crippen molar-refractivity contribution in [2.45, 2.75) is 6.18 Å². The summed E-state index contributed by atoms with van der Waals surface area (Å²) in [7, 11) is 0. The van der Waals surface area contributed by atoms with E-state index in [-0.39, 0.29) is 11.5 Å². The number of carbonyl (C=O) groups is 1. The summed E-state index contributed by atoms with van der Waals surface area (Å²) in [6.07, 6.45) is -4.63. The molecule has 0 aliphatic carbocycles. The van der Waals surface area contributed by atoms with E-state index in [9.17, 15) is 22.8 Å². The van der Waals surface area contributed by atoms with Gasteiger partial charge in [-0.3, -0.25) is 10.1 Å². The number of carbonyl (C=O) groups excluding carboxylic acids is 1. The topological polar surface area (TPSA) is 86.9 Å². The lowest BCUT2D eigenvalue weighted by Gasteiger charge is -2.12. The molecule has 0 saturated carbocycles. The summed E-state index contributed by atoms with van der Waals surface area (Å²) in [4.78, 5) is 22.4. The van der Waals surface area contributed by atoms with Gasteiger partial charge < -0.3 is 5.32 Å². The fourth-order valence-corrected chi connectivity index (χ4v) is 1.74. The number of amides is 2. The van der Waals surface area contributed by atoms with Crippen LogP contribution in [-0.4, -0.2) is 16.2 Å². The van der Waals surface area contributed by atoms with E-state index in [0.717, 1.165) is 12.1 Å². The van der Waals surface area contributed by atoms with Crippen molar-refractivity contribution in [2.24, 2.45) is 0 Å². The van der Waals surface area contributed by atoms with Gasteiger partial charge in [0.15, 0.2) is 5.82 Å². The molecule has 0 unspecified atom stereocenters. The van der Waals surface area contributed by atoms with Crippen LogP contribution in [0.15, 0.2) is 35.1 Å². The van der Waals surface area contributed by atoms with Crippen LogP contribution in [0.3, 0.4) is 0 Å². The van der Waals surface area contributed by atoms with E-state index < -0.39 is 28.4 Å². The number of anilines is 2. The number of hydrogen-bond donors (Lipinski definition) is 3. The molecular weight excluding hydrogens is 325 g/mol. The molecule has 0 atom stereocenters. The van der Waals surface area contributed by atoms with Crippen molar-refractivity contribution in [2.75, 3.05) is 10.6 Å². The van der Waals surface area contributed by atoms with E-state index in [1.807, 2.05) is 0 Å². The standard InChI is InChI=1S/C12H8ClF3N4O2/c13-8-2-1-6(5-7(8)12(14,15)16)17-11(22)18-9-3-4-10(21)20-19-9/h1-5H,(H,20,21)(H2,17,18,19,22). The van der Waals surface area contributed by atoms with Gasteiger partial charge in [-0.15, -0.1) is 0 Å². The Labute approximate surface area is 126 Å². The predicted octanol–water partition coefficient (Wildman–Crippen LogP) is 3.09. The fourth-order valence-electron chi connectivity index (χ4n) is 1.51. The first kappa shape index (κ1) is 15.8. The van der Waals surface area contributed by atoms with E-state index >= 15 is 0 Å². The van der Waals surface area contributed by atoms with Gasteiger partial charge in [-0.05, 0) is 24.3 Å². The van der Waals surface area contributed by atoms with Crippen LogP contribution < -0.4 is 16.2 Å². The molecule has 2 rings (SSSR count). The third-order valence-electron chi connectivity index (χ3n) is 2.45. The smallest absolute Gasteiger partial charge is 0.308 e. The fraction of sp³-hybridized carbons (Fsp3) is 0.0833. The van der Waals surface area contributed by atoms with Crippen LogP contribution in [0.25, 0.3) is 0 Å². The number of nitrogens with one attached hydrogen (secondary N) is 3. The van der Waals surface area contributed by atoms with Crippen molar-refractivity contribution in [1.82, 2.24) is 10.2 Å². The monoisotopic (exact) mass is 332 g/mol. The number of urea groups is 1. The van der Waals surface area contributed by atoms with Crippen LogP contribution in [0.2, 0.25) is 5.02 Å². The number of halogens is 4. The van der Waals surface area contributed by atoms with Gasteiger partial charge in [-0.25, -0.2) is 9.89 Å². The summed E-state index contributed by atoms with van der Waals surface area (Å²) in [5.41, 5.74) is -1.62. The number of alkyl halides is 3. The molecule has 2 aromatic rings. The maximum absolute atomic E-state index is 12.7. The van der Waals surface area contributed by atoms with E-state index in [0.29, 0.717) is 6.07 Å². The minimum Gasteiger partial charge on any atom is -0.308 e. The van der Waals surface area contributed by atoms with Crippen molar-refractivity contribution in [3.8, 4) is 0 Å². The van der Waals surface area contributed by atoms with Crippen LogP contribution >= 0.6 is 11.6 Å². The van der Waals surface area contributed by atoms with Crippen molar-refractivity contribution < 1.29 is 18.0 Å². The van der Waals surface area contributed by atoms with Gasteiger partial charge in [0.25, 0.3) is 5.56 Å². The average Bonchev–Trinajstić information content (AvgIpc) is 2.42. The first-order valence-corrected chi connectivity index (χ1v) is 6.14. The number of aromatic amines is 1. The molecule has 116 valence electrons. The largest absolute Gasteiger partial charge is 0.417 e. The molecule has 22 heavy (non-hydrogen) atoms. The van der Waals surface area contributed by atoms with Crippen LogP contribution in [-0.2, 0) is 6.18 Å². The molecule has 1 aromatic heterocycles. The highest BCUT2D eigenvalue weighted by Gasteiger charge is 2.33. The summed E-state index contributed by atoms with van der Waals surface area (Å²) in [5.74, 6) is 0.0297. The molecule has 3 N–H and O–H groups in total. The van der Waals surface area contributed by atoms with Crippen LogP contribution in [0.5, 0.6) is 0 Å². The van der Waals surface area contributed by atoms with Gasteiger partial charge in [0.2, 0.25) is 0 Å². The first-order chi connectivity index (χ1) is 10.3. The van der Waals surface area contributed by atoms with Gasteiger partial charge in [-0.2, -0.15) is 18.3 Å². The maximum Gasteiger partial charge on any atom is 0.417 e. The van der Waals surface area contributed by atoms with E-state index in [2.05, 4.69) is 20.8 Å². The molecule has 0 fully saturated rings. The van der Waals surface area contributed by atoms with E-state index in [4.69, 9.17) is 11.6 Å². The summed E-state index contributed by atoms with van der Waals surface area (Å²) in [6.45, 7) is 0. The molecule has 0 spiro atoms. The van der Waals surface area contributed by atoms with Crippen molar-refractivity contribution in [3.63, 3.8) is 0 Å². The third-order valence-corrected chi connectivity index (χ3v) is 2.78. The molecule has 10 heteroatoms. The second-order valence-corrected chi connectivity index (χ2v) is 4.49. The molecule has 0 radical (unpaired) electrons. The lowest BCUT2D eigenvalue weighted by molar-refractivity contribution is -0.137. The summed E-state index contributed by atoms with van der Waals surface area (Å²) in [5, 5.41) is 9.59. The SMILES string of the molecule is O=C(Nc1ccc(Cl)c(C(F)(F)F)c1)Nc1ccc(=O)[nH]n1. The lowest BCUT2D eigenvalue weighted by Crippen LogP contribution is -2.21. The van der Waals surface area contributed by atoms with Gasteiger partial charge in [0.05, 0.1) is 10.6 Å². The van der Waals surface area contributed by atoms with Crippen molar-refractivity contribution >= 4 is 29.1 Å². The summed E-state index contributed by atoms with van der Waals surface area (Å²) < 4.78 is 38.1. The number of hydrogen-bond acceptors (Lipinski definition) is 3. The summed E-state index contributed by atoms with van der Waals surface area (Å²) in [6, 6.07) is 4.50. The minimum absolute atomic E-state index is 0.0297. The lowest BCUT2D eigenvalue weighted by atomic mass is 10.2. The molecule has 0 aliphatic heterocycles. The highest BCUT2D eigenvalue weighted by atomic mass is 35.5. The molecule has 6 nitrogen and oxygen atoms in total. The van der Waals surface area contributed by atoms with Gasteiger partial charge in [0.1, 0.15) is 0 Å². The highest BCUT2D eigenvalue weighted by molar-refractivity contribution is 6.31. The van der Waals surface area contributed by atoms with Crippen LogP contribution in [0, 0.1) is 0 Å². The molecule has 0 aliphatic rings. The second-order valence-electron chi connectivity index (χ2n) is 4.08. The molecule has 1 heterocycles. The average molecular weight is 333 g/mol. The molecule has 1 aromatic carbocycles. The highest BCUT2D eigenvalue weighted by Crippen LogP contribution is 2.36. The zero-order chi connectivity index (χ0) is 16.3. The van der Waals surface area contributed by atoms with Crippen LogP contribution in [0.1, 0.15) is 5.56 Å². The number of aromatic nitrogens is 2. The van der Waals surface area contributed by atoms with E-state index in [1.165, 1.54) is 12.1 Å². The predicted molar refractivity (Wildman–Crippen MR) is 74.0 cm³/mol. The van der Waals surface area contributed by atoms with Gasteiger partial charge in [-0.1, -0.05) is 11.6 Å². The zero-order valence-corrected chi connectivity index (χ0v) is 11.4. The first-order valence-electron chi connectivity index (χ1n) is 5.76. The molecule has 2 amide bonds. The molecular formula is C12H8ClF3N4O2. The Morgan fingerprint density at radius 2 is 1.91 bits per heavy atom. The van der Waals surface area contributed by atoms with Crippen molar-refractivity contribution in [3.05, 3.63) is 51.3 Å². The Hall–Kier alpha value is -2.55. The number of rotatable bonds is 2. The number of nitrogens with zero attached hydrogens (tertiary/aromatic N) is 1. The number of benzene rings is 1. The molecule has 0 bridgehead atoms. The van der Waals surface area contributed by atoms with Crippen LogP contribution in [0.4, 0.5) is 29.5 Å². The Balaban J connectivity index is 2.12. The second kappa shape index (κ2) is 6.06. The Morgan fingerprint density at radius 1 is 1.18 bits per heavy atom.